The Kier molecular flexibility index (Phi) is 6.99. The molecule has 0 radical (unpaired) electrons. The van der Waals surface area contributed by atoms with Gasteiger partial charge in [-0.15, -0.1) is 0 Å². The van der Waals surface area contributed by atoms with Crippen LogP contribution in [0.2, 0.25) is 0 Å². The van der Waals surface area contributed by atoms with Crippen LogP contribution < -0.4 is 0 Å². The van der Waals surface area contributed by atoms with Crippen LogP contribution in [0.25, 0.3) is 0 Å². The maximum atomic E-state index is 13.6. The fourth-order valence-corrected chi connectivity index (χ4v) is 5.92. The molecule has 2 atom stereocenters. The average molecular weight is 446 g/mol. The molecule has 1 saturated carbocycles. The molecule has 4 rings (SSSR count). The molecular formula is C26H37F2N3O. The van der Waals surface area contributed by atoms with Gasteiger partial charge in [0.2, 0.25) is 0 Å². The third kappa shape index (κ3) is 4.75. The Morgan fingerprint density at radius 2 is 1.72 bits per heavy atom. The highest BCUT2D eigenvalue weighted by Crippen LogP contribution is 2.40. The number of aliphatic imine (C=N–C) groups is 1. The minimum atomic E-state index is -0.722. The first kappa shape index (κ1) is 23.3. The zero-order valence-electron chi connectivity index (χ0n) is 19.7. The molecule has 2 aliphatic heterocycles. The Morgan fingerprint density at radius 1 is 1.09 bits per heavy atom. The Bertz CT molecular complexity index is 826. The van der Waals surface area contributed by atoms with Crippen molar-refractivity contribution in [3.8, 4) is 0 Å². The fourth-order valence-electron chi connectivity index (χ4n) is 5.92. The first-order valence-corrected chi connectivity index (χ1v) is 12.3. The van der Waals surface area contributed by atoms with Crippen LogP contribution in [0.5, 0.6) is 0 Å². The van der Waals surface area contributed by atoms with E-state index in [0.717, 1.165) is 51.0 Å². The smallest absolute Gasteiger partial charge is 0.255 e. The van der Waals surface area contributed by atoms with Crippen molar-refractivity contribution in [1.29, 1.82) is 0 Å². The predicted molar refractivity (Wildman–Crippen MR) is 124 cm³/mol. The maximum Gasteiger partial charge on any atom is 0.255 e. The number of alkyl halides is 1. The maximum absolute atomic E-state index is 13.6. The number of hydrogen-bond acceptors (Lipinski definition) is 3. The van der Waals surface area contributed by atoms with Gasteiger partial charge >= 0.3 is 0 Å². The summed E-state index contributed by atoms with van der Waals surface area (Å²) in [6.07, 6.45) is 4.93. The third-order valence-electron chi connectivity index (χ3n) is 8.18. The van der Waals surface area contributed by atoms with Crippen LogP contribution in [0.3, 0.4) is 0 Å². The normalized spacial score (nSPS) is 31.1. The second-order valence-corrected chi connectivity index (χ2v) is 10.2. The van der Waals surface area contributed by atoms with Crippen LogP contribution in [-0.4, -0.2) is 58.9 Å². The zero-order chi connectivity index (χ0) is 22.9. The SMILES string of the molecule is CC1=NC(C)(C2CCC(F)CC2)C(=O)N1CCC(C)N1CCC(c2ccc(F)cc2)CC1. The van der Waals surface area contributed by atoms with Crippen LogP contribution in [-0.2, 0) is 4.79 Å². The lowest BCUT2D eigenvalue weighted by Gasteiger charge is -2.37. The van der Waals surface area contributed by atoms with Crippen LogP contribution in [0, 0.1) is 11.7 Å². The zero-order valence-corrected chi connectivity index (χ0v) is 19.7. The Labute approximate surface area is 191 Å². The van der Waals surface area contributed by atoms with Crippen molar-refractivity contribution in [2.45, 2.75) is 89.4 Å². The summed E-state index contributed by atoms with van der Waals surface area (Å²) in [4.78, 5) is 22.5. The van der Waals surface area contributed by atoms with Crippen molar-refractivity contribution in [1.82, 2.24) is 9.80 Å². The molecule has 32 heavy (non-hydrogen) atoms. The number of halogens is 2. The van der Waals surface area contributed by atoms with Gasteiger partial charge in [-0.25, -0.2) is 8.78 Å². The van der Waals surface area contributed by atoms with E-state index in [1.807, 2.05) is 30.9 Å². The van der Waals surface area contributed by atoms with E-state index in [1.165, 1.54) is 5.56 Å². The van der Waals surface area contributed by atoms with Gasteiger partial charge in [-0.05, 0) is 108 Å². The first-order valence-electron chi connectivity index (χ1n) is 12.3. The van der Waals surface area contributed by atoms with E-state index in [0.29, 0.717) is 31.3 Å². The molecule has 1 aromatic rings. The second-order valence-electron chi connectivity index (χ2n) is 10.2. The van der Waals surface area contributed by atoms with Crippen LogP contribution in [0.15, 0.2) is 29.3 Å². The van der Waals surface area contributed by atoms with Crippen molar-refractivity contribution >= 4 is 11.7 Å². The molecule has 0 N–H and O–H groups in total. The number of piperidine rings is 1. The molecule has 3 aliphatic rings. The van der Waals surface area contributed by atoms with Gasteiger partial charge < -0.3 is 4.90 Å². The number of rotatable bonds is 6. The molecule has 0 aromatic heterocycles. The van der Waals surface area contributed by atoms with Gasteiger partial charge in [-0.3, -0.25) is 14.7 Å². The highest BCUT2D eigenvalue weighted by molar-refractivity contribution is 6.07. The molecule has 2 fully saturated rings. The number of hydrogen-bond donors (Lipinski definition) is 0. The van der Waals surface area contributed by atoms with Gasteiger partial charge in [0.1, 0.15) is 23.4 Å². The summed E-state index contributed by atoms with van der Waals surface area (Å²) >= 11 is 0. The van der Waals surface area contributed by atoms with Crippen LogP contribution in [0.1, 0.15) is 77.2 Å². The van der Waals surface area contributed by atoms with Gasteiger partial charge in [0, 0.05) is 12.6 Å². The predicted octanol–water partition coefficient (Wildman–Crippen LogP) is 5.33. The number of carbonyl (C=O) groups is 1. The first-order chi connectivity index (χ1) is 15.3. The molecule has 1 aromatic carbocycles. The molecule has 4 nitrogen and oxygen atoms in total. The average Bonchev–Trinajstić information content (AvgIpc) is 3.01. The monoisotopic (exact) mass is 445 g/mol. The Hall–Kier alpha value is -1.82. The lowest BCUT2D eigenvalue weighted by atomic mass is 9.75. The third-order valence-corrected chi connectivity index (χ3v) is 8.18. The molecule has 6 heteroatoms. The van der Waals surface area contributed by atoms with Gasteiger partial charge in [-0.2, -0.15) is 0 Å². The second kappa shape index (κ2) is 9.58. The number of likely N-dealkylation sites (tertiary alicyclic amines) is 1. The number of nitrogens with zero attached hydrogens (tertiary/aromatic N) is 3. The molecule has 176 valence electrons. The summed E-state index contributed by atoms with van der Waals surface area (Å²) in [6.45, 7) is 8.85. The van der Waals surface area contributed by atoms with Crippen molar-refractivity contribution in [3.63, 3.8) is 0 Å². The highest BCUT2D eigenvalue weighted by Gasteiger charge is 2.49. The van der Waals surface area contributed by atoms with Crippen molar-refractivity contribution in [3.05, 3.63) is 35.6 Å². The van der Waals surface area contributed by atoms with Gasteiger partial charge in [-0.1, -0.05) is 12.1 Å². The molecule has 1 aliphatic carbocycles. The minimum absolute atomic E-state index is 0.0968. The molecule has 1 saturated heterocycles. The van der Waals surface area contributed by atoms with E-state index in [2.05, 4.69) is 11.8 Å². The summed E-state index contributed by atoms with van der Waals surface area (Å²) in [6, 6.07) is 7.32. The quantitative estimate of drug-likeness (QED) is 0.593. The number of amides is 1. The largest absolute Gasteiger partial charge is 0.301 e. The van der Waals surface area contributed by atoms with E-state index in [4.69, 9.17) is 4.99 Å². The molecule has 2 heterocycles. The van der Waals surface area contributed by atoms with E-state index < -0.39 is 11.7 Å². The highest BCUT2D eigenvalue weighted by atomic mass is 19.1. The van der Waals surface area contributed by atoms with E-state index in [-0.39, 0.29) is 17.6 Å². The fraction of sp³-hybridized carbons (Fsp3) is 0.692. The van der Waals surface area contributed by atoms with E-state index in [1.54, 1.807) is 12.1 Å². The van der Waals surface area contributed by atoms with Gasteiger partial charge in [0.05, 0.1) is 0 Å². The Morgan fingerprint density at radius 3 is 2.34 bits per heavy atom. The summed E-state index contributed by atoms with van der Waals surface area (Å²) in [7, 11) is 0. The van der Waals surface area contributed by atoms with Gasteiger partial charge in [0.25, 0.3) is 5.91 Å². The van der Waals surface area contributed by atoms with E-state index >= 15 is 0 Å². The molecule has 1 amide bonds. The van der Waals surface area contributed by atoms with Gasteiger partial charge in [0.15, 0.2) is 0 Å². The standard InChI is InChI=1S/C26H37F2N3O/c1-18(30-15-13-21(14-16-30)20-4-8-23(27)9-5-20)12-17-31-19(2)29-26(3,25(31)32)22-6-10-24(28)11-7-22/h4-5,8-9,18,21-22,24H,6-7,10-17H2,1-3H3. The Balaban J connectivity index is 1.28. The van der Waals surface area contributed by atoms with Crippen molar-refractivity contribution < 1.29 is 13.6 Å². The molecule has 2 unspecified atom stereocenters. The summed E-state index contributed by atoms with van der Waals surface area (Å²) in [5, 5.41) is 0. The lowest BCUT2D eigenvalue weighted by Crippen LogP contribution is -2.48. The number of amidine groups is 1. The van der Waals surface area contributed by atoms with Crippen LogP contribution >= 0.6 is 0 Å². The van der Waals surface area contributed by atoms with Crippen molar-refractivity contribution in [2.24, 2.45) is 10.9 Å². The van der Waals surface area contributed by atoms with E-state index in [9.17, 15) is 13.6 Å². The van der Waals surface area contributed by atoms with Crippen LogP contribution in [0.4, 0.5) is 8.78 Å². The topological polar surface area (TPSA) is 35.9 Å². The molecular weight excluding hydrogens is 408 g/mol. The summed E-state index contributed by atoms with van der Waals surface area (Å²) < 4.78 is 26.8. The minimum Gasteiger partial charge on any atom is -0.301 e. The van der Waals surface area contributed by atoms with Crippen molar-refractivity contribution in [2.75, 3.05) is 19.6 Å². The lowest BCUT2D eigenvalue weighted by molar-refractivity contribution is -0.133. The molecule has 0 spiro atoms. The summed E-state index contributed by atoms with van der Waals surface area (Å²) in [5.41, 5.74) is 0.510. The number of benzene rings is 1. The summed E-state index contributed by atoms with van der Waals surface area (Å²) in [5.74, 6) is 1.36. The number of carbonyl (C=O) groups excluding carboxylic acids is 1. The molecule has 0 bridgehead atoms.